The van der Waals surface area contributed by atoms with Crippen molar-refractivity contribution < 1.29 is 33.3 Å². The maximum Gasteiger partial charge on any atom is 0.338 e. The van der Waals surface area contributed by atoms with Gasteiger partial charge in [0.2, 0.25) is 0 Å². The van der Waals surface area contributed by atoms with Gasteiger partial charge in [0.25, 0.3) is 5.91 Å². The minimum absolute atomic E-state index is 0.265. The van der Waals surface area contributed by atoms with E-state index in [1.165, 1.54) is 7.11 Å². The van der Waals surface area contributed by atoms with Crippen molar-refractivity contribution in [3.05, 3.63) is 82.9 Å². The SMILES string of the molecule is COc1cc2c(cc1OC)CN(C(=O)COC(=O)c1ccc(OCc3ccccc3)c(OC)c1)CC2. The summed E-state index contributed by atoms with van der Waals surface area (Å²) < 4.78 is 27.3. The molecule has 0 fully saturated rings. The summed E-state index contributed by atoms with van der Waals surface area (Å²) in [6.45, 7) is 0.955. The van der Waals surface area contributed by atoms with Gasteiger partial charge >= 0.3 is 5.97 Å². The van der Waals surface area contributed by atoms with Gasteiger partial charge in [-0.15, -0.1) is 0 Å². The van der Waals surface area contributed by atoms with E-state index in [1.54, 1.807) is 37.3 Å². The standard InChI is InChI=1S/C28H29NO7/c1-32-24-14-21(9-10-23(24)35-17-19-7-5-4-6-8-19)28(31)36-18-27(30)29-12-11-20-13-25(33-2)26(34-3)15-22(20)16-29/h4-10,13-15H,11-12,16-18H2,1-3H3. The van der Waals surface area contributed by atoms with Crippen LogP contribution in [0, 0.1) is 0 Å². The van der Waals surface area contributed by atoms with Crippen molar-refractivity contribution in [2.75, 3.05) is 34.5 Å². The van der Waals surface area contributed by atoms with Crippen LogP contribution in [0.4, 0.5) is 0 Å². The molecular formula is C28H29NO7. The highest BCUT2D eigenvalue weighted by molar-refractivity contribution is 5.92. The maximum absolute atomic E-state index is 12.8. The molecule has 0 saturated carbocycles. The van der Waals surface area contributed by atoms with Crippen molar-refractivity contribution in [1.82, 2.24) is 4.90 Å². The number of methoxy groups -OCH3 is 3. The zero-order valence-electron chi connectivity index (χ0n) is 20.6. The van der Waals surface area contributed by atoms with E-state index >= 15 is 0 Å². The topological polar surface area (TPSA) is 83.5 Å². The van der Waals surface area contributed by atoms with Crippen molar-refractivity contribution in [2.45, 2.75) is 19.6 Å². The molecule has 36 heavy (non-hydrogen) atoms. The first-order chi connectivity index (χ1) is 17.5. The molecule has 1 heterocycles. The number of carbonyl (C=O) groups is 2. The van der Waals surface area contributed by atoms with Gasteiger partial charge in [-0.25, -0.2) is 4.79 Å². The third kappa shape index (κ3) is 5.71. The molecule has 1 amide bonds. The van der Waals surface area contributed by atoms with Gasteiger partial charge in [-0.3, -0.25) is 4.79 Å². The van der Waals surface area contributed by atoms with E-state index in [0.717, 1.165) is 16.7 Å². The van der Waals surface area contributed by atoms with Gasteiger partial charge in [0.15, 0.2) is 29.6 Å². The van der Waals surface area contributed by atoms with Crippen LogP contribution in [0.15, 0.2) is 60.7 Å². The van der Waals surface area contributed by atoms with Gasteiger partial charge in [-0.1, -0.05) is 30.3 Å². The molecule has 0 unspecified atom stereocenters. The number of amides is 1. The zero-order valence-corrected chi connectivity index (χ0v) is 20.6. The summed E-state index contributed by atoms with van der Waals surface area (Å²) in [6.07, 6.45) is 0.678. The van der Waals surface area contributed by atoms with Crippen LogP contribution in [-0.2, 0) is 29.1 Å². The van der Waals surface area contributed by atoms with Crippen LogP contribution >= 0.6 is 0 Å². The fraction of sp³-hybridized carbons (Fsp3) is 0.286. The lowest BCUT2D eigenvalue weighted by atomic mass is 9.99. The van der Waals surface area contributed by atoms with Gasteiger partial charge in [-0.2, -0.15) is 0 Å². The lowest BCUT2D eigenvalue weighted by molar-refractivity contribution is -0.135. The number of rotatable bonds is 9. The molecule has 3 aromatic rings. The van der Waals surface area contributed by atoms with Crippen molar-refractivity contribution in [1.29, 1.82) is 0 Å². The van der Waals surface area contributed by atoms with Crippen LogP contribution in [0.5, 0.6) is 23.0 Å². The minimum atomic E-state index is -0.611. The van der Waals surface area contributed by atoms with Crippen LogP contribution in [-0.4, -0.2) is 51.3 Å². The number of benzene rings is 3. The molecule has 0 bridgehead atoms. The monoisotopic (exact) mass is 491 g/mol. The van der Waals surface area contributed by atoms with Crippen molar-refractivity contribution >= 4 is 11.9 Å². The number of carbonyl (C=O) groups excluding carboxylic acids is 2. The molecule has 8 nitrogen and oxygen atoms in total. The number of fused-ring (bicyclic) bond motifs is 1. The fourth-order valence-electron chi connectivity index (χ4n) is 4.05. The van der Waals surface area contributed by atoms with Crippen LogP contribution < -0.4 is 18.9 Å². The number of hydrogen-bond acceptors (Lipinski definition) is 7. The summed E-state index contributed by atoms with van der Waals surface area (Å²) in [5, 5.41) is 0. The van der Waals surface area contributed by atoms with E-state index in [1.807, 2.05) is 42.5 Å². The number of esters is 1. The second kappa shape index (κ2) is 11.5. The molecule has 0 aromatic heterocycles. The van der Waals surface area contributed by atoms with Gasteiger partial charge < -0.3 is 28.6 Å². The third-order valence-electron chi connectivity index (χ3n) is 6.03. The van der Waals surface area contributed by atoms with Crippen molar-refractivity contribution in [2.24, 2.45) is 0 Å². The Kier molecular flexibility index (Phi) is 7.95. The van der Waals surface area contributed by atoms with E-state index in [9.17, 15) is 9.59 Å². The molecule has 0 spiro atoms. The molecule has 188 valence electrons. The van der Waals surface area contributed by atoms with E-state index in [4.69, 9.17) is 23.7 Å². The van der Waals surface area contributed by atoms with Crippen LogP contribution in [0.1, 0.15) is 27.0 Å². The summed E-state index contributed by atoms with van der Waals surface area (Å²) >= 11 is 0. The van der Waals surface area contributed by atoms with E-state index in [-0.39, 0.29) is 18.1 Å². The Morgan fingerprint density at radius 3 is 2.17 bits per heavy atom. The Hall–Kier alpha value is -4.20. The molecule has 4 rings (SSSR count). The number of nitrogens with zero attached hydrogens (tertiary/aromatic N) is 1. The molecule has 0 N–H and O–H groups in total. The largest absolute Gasteiger partial charge is 0.493 e. The summed E-state index contributed by atoms with van der Waals surface area (Å²) in [5.41, 5.74) is 3.37. The normalized spacial score (nSPS) is 12.4. The first-order valence-electron chi connectivity index (χ1n) is 11.6. The van der Waals surface area contributed by atoms with Gasteiger partial charge in [-0.05, 0) is 53.4 Å². The number of hydrogen-bond donors (Lipinski definition) is 0. The smallest absolute Gasteiger partial charge is 0.338 e. The van der Waals surface area contributed by atoms with Gasteiger partial charge in [0, 0.05) is 13.1 Å². The second-order valence-corrected chi connectivity index (χ2v) is 8.26. The average molecular weight is 492 g/mol. The molecule has 3 aromatic carbocycles. The number of ether oxygens (including phenoxy) is 5. The molecular weight excluding hydrogens is 462 g/mol. The fourth-order valence-corrected chi connectivity index (χ4v) is 4.05. The van der Waals surface area contributed by atoms with Crippen LogP contribution in [0.3, 0.4) is 0 Å². The Morgan fingerprint density at radius 2 is 1.47 bits per heavy atom. The third-order valence-corrected chi connectivity index (χ3v) is 6.03. The molecule has 0 saturated heterocycles. The lowest BCUT2D eigenvalue weighted by Gasteiger charge is -2.29. The van der Waals surface area contributed by atoms with Gasteiger partial charge in [0.1, 0.15) is 6.61 Å². The van der Waals surface area contributed by atoms with Crippen molar-refractivity contribution in [3.63, 3.8) is 0 Å². The van der Waals surface area contributed by atoms with Crippen molar-refractivity contribution in [3.8, 4) is 23.0 Å². The van der Waals surface area contributed by atoms with E-state index in [0.29, 0.717) is 49.1 Å². The Labute approximate surface area is 210 Å². The summed E-state index contributed by atoms with van der Waals surface area (Å²) in [7, 11) is 4.67. The highest BCUT2D eigenvalue weighted by atomic mass is 16.5. The minimum Gasteiger partial charge on any atom is -0.493 e. The Morgan fingerprint density at radius 1 is 0.806 bits per heavy atom. The highest BCUT2D eigenvalue weighted by Crippen LogP contribution is 2.33. The molecule has 1 aliphatic heterocycles. The molecule has 0 radical (unpaired) electrons. The Balaban J connectivity index is 1.34. The maximum atomic E-state index is 12.8. The molecule has 0 aliphatic carbocycles. The van der Waals surface area contributed by atoms with E-state index < -0.39 is 5.97 Å². The predicted octanol–water partition coefficient (Wildman–Crippen LogP) is 4.03. The highest BCUT2D eigenvalue weighted by Gasteiger charge is 2.24. The quantitative estimate of drug-likeness (QED) is 0.418. The summed E-state index contributed by atoms with van der Waals surface area (Å²) in [4.78, 5) is 27.1. The first-order valence-corrected chi connectivity index (χ1v) is 11.6. The zero-order chi connectivity index (χ0) is 25.5. The van der Waals surface area contributed by atoms with Crippen LogP contribution in [0.2, 0.25) is 0 Å². The first kappa shape index (κ1) is 24.9. The molecule has 1 aliphatic rings. The van der Waals surface area contributed by atoms with E-state index in [2.05, 4.69) is 0 Å². The molecule has 0 atom stereocenters. The molecule has 8 heteroatoms. The summed E-state index contributed by atoms with van der Waals surface area (Å²) in [5.74, 6) is 1.31. The Bertz CT molecular complexity index is 1230. The summed E-state index contributed by atoms with van der Waals surface area (Å²) in [6, 6.07) is 18.4. The van der Waals surface area contributed by atoms with Gasteiger partial charge in [0.05, 0.1) is 26.9 Å². The predicted molar refractivity (Wildman–Crippen MR) is 133 cm³/mol. The average Bonchev–Trinajstić information content (AvgIpc) is 2.93. The van der Waals surface area contributed by atoms with Crippen LogP contribution in [0.25, 0.3) is 0 Å². The lowest BCUT2D eigenvalue weighted by Crippen LogP contribution is -2.38. The second-order valence-electron chi connectivity index (χ2n) is 8.26.